The van der Waals surface area contributed by atoms with Gasteiger partial charge in [-0.3, -0.25) is 19.2 Å². The highest BCUT2D eigenvalue weighted by Gasteiger charge is 2.49. The van der Waals surface area contributed by atoms with Crippen molar-refractivity contribution in [2.75, 3.05) is 5.32 Å². The number of hydrogen-bond acceptors (Lipinski definition) is 4. The maximum atomic E-state index is 14.4. The van der Waals surface area contributed by atoms with Crippen LogP contribution >= 0.6 is 0 Å². The lowest BCUT2D eigenvalue weighted by Crippen LogP contribution is -2.67. The van der Waals surface area contributed by atoms with Crippen molar-refractivity contribution >= 4 is 29.3 Å². The number of carbonyl (C=O) groups is 4. The fourth-order valence-corrected chi connectivity index (χ4v) is 5.74. The molecule has 3 N–H and O–H groups in total. The Bertz CT molecular complexity index is 1240. The van der Waals surface area contributed by atoms with E-state index in [9.17, 15) is 19.2 Å². The van der Waals surface area contributed by atoms with Crippen molar-refractivity contribution in [3.8, 4) is 0 Å². The highest BCUT2D eigenvalue weighted by atomic mass is 16.2. The maximum Gasteiger partial charge on any atom is 0.247 e. The smallest absolute Gasteiger partial charge is 0.247 e. The number of carbonyl (C=O) groups excluding carboxylic acids is 4. The van der Waals surface area contributed by atoms with E-state index in [0.717, 1.165) is 0 Å². The third kappa shape index (κ3) is 6.49. The third-order valence-electron chi connectivity index (χ3n) is 7.25. The van der Waals surface area contributed by atoms with Crippen molar-refractivity contribution in [3.63, 3.8) is 0 Å². The standard InChI is InChI=1S/C31H40N4O4/c1-18(2)14-25-28(37)33-26(23-15-20-10-7-8-11-21(20)16-23)30(39)35(25)27(29(38)34-31(4,5)6)22-12-9-13-24(17-22)32-19(3)36/h7-13,17-18,23,25-27H,14-16H2,1-6H3,(H,32,36)(H,33,37)(H,34,38). The van der Waals surface area contributed by atoms with Gasteiger partial charge in [0.1, 0.15) is 18.1 Å². The first-order chi connectivity index (χ1) is 18.3. The first-order valence-corrected chi connectivity index (χ1v) is 13.7. The van der Waals surface area contributed by atoms with Crippen molar-refractivity contribution in [2.45, 2.75) is 84.5 Å². The number of nitrogens with zero attached hydrogens (tertiary/aromatic N) is 1. The third-order valence-corrected chi connectivity index (χ3v) is 7.25. The Hall–Kier alpha value is -3.68. The first-order valence-electron chi connectivity index (χ1n) is 13.7. The van der Waals surface area contributed by atoms with E-state index in [1.54, 1.807) is 24.3 Å². The zero-order valence-corrected chi connectivity index (χ0v) is 23.7. The topological polar surface area (TPSA) is 108 Å². The molecule has 1 heterocycles. The summed E-state index contributed by atoms with van der Waals surface area (Å²) in [4.78, 5) is 55.3. The van der Waals surface area contributed by atoms with Crippen molar-refractivity contribution in [1.29, 1.82) is 0 Å². The molecule has 4 amide bonds. The first kappa shape index (κ1) is 28.3. The Labute approximate surface area is 230 Å². The van der Waals surface area contributed by atoms with Gasteiger partial charge in [-0.1, -0.05) is 50.2 Å². The second-order valence-electron chi connectivity index (χ2n) is 12.3. The number of amides is 4. The summed E-state index contributed by atoms with van der Waals surface area (Å²) in [5.41, 5.74) is 2.86. The molecule has 0 spiro atoms. The van der Waals surface area contributed by atoms with Crippen molar-refractivity contribution in [2.24, 2.45) is 11.8 Å². The van der Waals surface area contributed by atoms with Crippen LogP contribution in [0, 0.1) is 11.8 Å². The summed E-state index contributed by atoms with van der Waals surface area (Å²) >= 11 is 0. The fraction of sp³-hybridized carbons (Fsp3) is 0.484. The van der Waals surface area contributed by atoms with Gasteiger partial charge in [0.15, 0.2) is 0 Å². The van der Waals surface area contributed by atoms with E-state index in [-0.39, 0.29) is 35.5 Å². The number of benzene rings is 2. The minimum absolute atomic E-state index is 0.0987. The Morgan fingerprint density at radius 1 is 1.03 bits per heavy atom. The molecular weight excluding hydrogens is 492 g/mol. The number of piperazine rings is 1. The Morgan fingerprint density at radius 3 is 2.23 bits per heavy atom. The summed E-state index contributed by atoms with van der Waals surface area (Å²) in [5, 5.41) is 8.84. The average molecular weight is 533 g/mol. The van der Waals surface area contributed by atoms with Gasteiger partial charge < -0.3 is 20.9 Å². The minimum atomic E-state index is -1.05. The summed E-state index contributed by atoms with van der Waals surface area (Å²) in [7, 11) is 0. The molecule has 2 aliphatic rings. The number of nitrogens with one attached hydrogen (secondary N) is 3. The molecule has 1 aliphatic carbocycles. The molecule has 3 atom stereocenters. The van der Waals surface area contributed by atoms with E-state index in [4.69, 9.17) is 0 Å². The van der Waals surface area contributed by atoms with Crippen LogP contribution in [0.3, 0.4) is 0 Å². The van der Waals surface area contributed by atoms with Crippen LogP contribution in [-0.2, 0) is 32.0 Å². The van der Waals surface area contributed by atoms with E-state index >= 15 is 0 Å². The molecule has 1 aliphatic heterocycles. The van der Waals surface area contributed by atoms with Gasteiger partial charge >= 0.3 is 0 Å². The number of anilines is 1. The lowest BCUT2D eigenvalue weighted by molar-refractivity contribution is -0.158. The lowest BCUT2D eigenvalue weighted by atomic mass is 9.87. The summed E-state index contributed by atoms with van der Waals surface area (Å²) in [6.45, 7) is 11.0. The molecule has 4 rings (SSSR count). The van der Waals surface area contributed by atoms with Gasteiger partial charge in [0.25, 0.3) is 0 Å². The number of rotatable bonds is 7. The molecule has 1 fully saturated rings. The van der Waals surface area contributed by atoms with Crippen molar-refractivity contribution in [1.82, 2.24) is 15.5 Å². The van der Waals surface area contributed by atoms with Gasteiger partial charge in [-0.2, -0.15) is 0 Å². The summed E-state index contributed by atoms with van der Waals surface area (Å²) < 4.78 is 0. The minimum Gasteiger partial charge on any atom is -0.349 e. The molecular formula is C31H40N4O4. The Balaban J connectivity index is 1.79. The number of fused-ring (bicyclic) bond motifs is 1. The molecule has 2 aromatic rings. The van der Waals surface area contributed by atoms with Gasteiger partial charge in [-0.25, -0.2) is 0 Å². The SMILES string of the molecule is CC(=O)Nc1cccc(C(C(=O)NC(C)(C)C)N2C(=O)C(C3Cc4ccccc4C3)NC(=O)C2CC(C)C)c1. The molecule has 39 heavy (non-hydrogen) atoms. The van der Waals surface area contributed by atoms with Crippen molar-refractivity contribution < 1.29 is 19.2 Å². The van der Waals surface area contributed by atoms with E-state index in [2.05, 4.69) is 28.1 Å². The van der Waals surface area contributed by atoms with Gasteiger partial charge in [-0.15, -0.1) is 0 Å². The van der Waals surface area contributed by atoms with Crippen LogP contribution in [0.5, 0.6) is 0 Å². The van der Waals surface area contributed by atoms with Crippen LogP contribution in [-0.4, -0.2) is 46.2 Å². The normalized spacial score (nSPS) is 20.4. The molecule has 8 heteroatoms. The summed E-state index contributed by atoms with van der Waals surface area (Å²) in [6, 6.07) is 12.5. The average Bonchev–Trinajstić information content (AvgIpc) is 3.26. The fourth-order valence-electron chi connectivity index (χ4n) is 5.74. The second kappa shape index (κ2) is 11.2. The van der Waals surface area contributed by atoms with Crippen LogP contribution < -0.4 is 16.0 Å². The van der Waals surface area contributed by atoms with E-state index in [1.165, 1.54) is 23.0 Å². The highest BCUT2D eigenvalue weighted by Crippen LogP contribution is 2.36. The quantitative estimate of drug-likeness (QED) is 0.505. The zero-order valence-electron chi connectivity index (χ0n) is 23.7. The summed E-state index contributed by atoms with van der Waals surface area (Å²) in [5.74, 6) is -1.09. The molecule has 3 unspecified atom stereocenters. The largest absolute Gasteiger partial charge is 0.349 e. The number of hydrogen-bond donors (Lipinski definition) is 3. The molecule has 0 bridgehead atoms. The molecule has 2 aromatic carbocycles. The van der Waals surface area contributed by atoms with Gasteiger partial charge in [0, 0.05) is 18.2 Å². The molecule has 1 saturated heterocycles. The Kier molecular flexibility index (Phi) is 8.14. The summed E-state index contributed by atoms with van der Waals surface area (Å²) in [6.07, 6.45) is 1.79. The predicted octanol–water partition coefficient (Wildman–Crippen LogP) is 3.76. The van der Waals surface area contributed by atoms with Crippen LogP contribution in [0.15, 0.2) is 48.5 Å². The van der Waals surface area contributed by atoms with Gasteiger partial charge in [0.2, 0.25) is 23.6 Å². The van der Waals surface area contributed by atoms with Crippen LogP contribution in [0.4, 0.5) is 5.69 Å². The maximum absolute atomic E-state index is 14.4. The van der Waals surface area contributed by atoms with Gasteiger partial charge in [-0.05, 0) is 80.7 Å². The van der Waals surface area contributed by atoms with E-state index < -0.39 is 23.7 Å². The molecule has 208 valence electrons. The lowest BCUT2D eigenvalue weighted by Gasteiger charge is -2.45. The predicted molar refractivity (Wildman–Crippen MR) is 151 cm³/mol. The Morgan fingerprint density at radius 2 is 1.67 bits per heavy atom. The molecule has 8 nitrogen and oxygen atoms in total. The molecule has 0 saturated carbocycles. The van der Waals surface area contributed by atoms with Crippen LogP contribution in [0.1, 0.15) is 70.7 Å². The zero-order chi connectivity index (χ0) is 28.5. The van der Waals surface area contributed by atoms with Crippen molar-refractivity contribution in [3.05, 3.63) is 65.2 Å². The van der Waals surface area contributed by atoms with Crippen LogP contribution in [0.25, 0.3) is 0 Å². The van der Waals surface area contributed by atoms with Crippen LogP contribution in [0.2, 0.25) is 0 Å². The van der Waals surface area contributed by atoms with Gasteiger partial charge in [0.05, 0.1) is 0 Å². The van der Waals surface area contributed by atoms with E-state index in [0.29, 0.717) is 30.5 Å². The van der Waals surface area contributed by atoms with E-state index in [1.807, 2.05) is 46.8 Å². The second-order valence-corrected chi connectivity index (χ2v) is 12.3. The highest BCUT2D eigenvalue weighted by molar-refractivity contribution is 6.00. The molecule has 0 radical (unpaired) electrons. The monoisotopic (exact) mass is 532 g/mol. The molecule has 0 aromatic heterocycles.